The molecular weight excluding hydrogens is 274 g/mol. The number of benzene rings is 1. The Morgan fingerprint density at radius 3 is 2.55 bits per heavy atom. The normalized spacial score (nSPS) is 14.5. The Balaban J connectivity index is 2.19. The van der Waals surface area contributed by atoms with Crippen LogP contribution in [0.25, 0.3) is 0 Å². The third-order valence-electron chi connectivity index (χ3n) is 3.36. The van der Waals surface area contributed by atoms with Crippen LogP contribution in [0.5, 0.6) is 0 Å². The molecule has 108 valence electrons. The van der Waals surface area contributed by atoms with Gasteiger partial charge in [0.05, 0.1) is 5.92 Å². The van der Waals surface area contributed by atoms with E-state index in [2.05, 4.69) is 24.0 Å². The molecule has 0 fully saturated rings. The predicted molar refractivity (Wildman–Crippen MR) is 79.8 cm³/mol. The van der Waals surface area contributed by atoms with Crippen molar-refractivity contribution in [2.24, 2.45) is 11.7 Å². The summed E-state index contributed by atoms with van der Waals surface area (Å²) in [7, 11) is 0. The lowest BCUT2D eigenvalue weighted by molar-refractivity contribution is 0.298. The summed E-state index contributed by atoms with van der Waals surface area (Å²) < 4.78 is 5.38. The van der Waals surface area contributed by atoms with Crippen LogP contribution in [0.1, 0.15) is 44.0 Å². The number of hydrogen-bond acceptors (Lipinski definition) is 4. The van der Waals surface area contributed by atoms with Gasteiger partial charge in [0.2, 0.25) is 5.89 Å². The lowest BCUT2D eigenvalue weighted by atomic mass is 9.90. The average Bonchev–Trinajstić information content (AvgIpc) is 2.79. The van der Waals surface area contributed by atoms with Crippen LogP contribution in [0.15, 0.2) is 28.8 Å². The minimum atomic E-state index is -0.0244. The number of hydrogen-bond donors (Lipinski definition) is 1. The molecule has 0 spiro atoms. The van der Waals surface area contributed by atoms with Gasteiger partial charge >= 0.3 is 0 Å². The SMILES string of the molecule is CC(C)C(c1nc(Cc2ccccc2Cl)no1)C(C)N. The van der Waals surface area contributed by atoms with E-state index in [1.54, 1.807) is 0 Å². The minimum absolute atomic E-state index is 0.0244. The van der Waals surface area contributed by atoms with Gasteiger partial charge in [0, 0.05) is 17.5 Å². The van der Waals surface area contributed by atoms with Gasteiger partial charge in [-0.3, -0.25) is 0 Å². The predicted octanol–water partition coefficient (Wildman–Crippen LogP) is 3.40. The van der Waals surface area contributed by atoms with Crippen LogP contribution in [0.2, 0.25) is 5.02 Å². The summed E-state index contributed by atoms with van der Waals surface area (Å²) in [5.74, 6) is 1.67. The zero-order chi connectivity index (χ0) is 14.7. The quantitative estimate of drug-likeness (QED) is 0.917. The first-order valence-electron chi connectivity index (χ1n) is 6.80. The van der Waals surface area contributed by atoms with E-state index in [9.17, 15) is 0 Å². The number of aromatic nitrogens is 2. The minimum Gasteiger partial charge on any atom is -0.339 e. The molecule has 1 heterocycles. The van der Waals surface area contributed by atoms with Gasteiger partial charge in [-0.15, -0.1) is 0 Å². The van der Waals surface area contributed by atoms with Gasteiger partial charge in [-0.2, -0.15) is 4.98 Å². The molecule has 2 rings (SSSR count). The van der Waals surface area contributed by atoms with Gasteiger partial charge in [-0.05, 0) is 24.5 Å². The standard InChI is InChI=1S/C15H20ClN3O/c1-9(2)14(10(3)17)15-18-13(19-20-15)8-11-6-4-5-7-12(11)16/h4-7,9-10,14H,8,17H2,1-3H3. The van der Waals surface area contributed by atoms with Gasteiger partial charge in [0.25, 0.3) is 0 Å². The number of nitrogens with zero attached hydrogens (tertiary/aromatic N) is 2. The van der Waals surface area contributed by atoms with E-state index < -0.39 is 0 Å². The van der Waals surface area contributed by atoms with Crippen LogP contribution >= 0.6 is 11.6 Å². The smallest absolute Gasteiger partial charge is 0.231 e. The molecule has 0 aliphatic heterocycles. The lowest BCUT2D eigenvalue weighted by Gasteiger charge is -2.20. The van der Waals surface area contributed by atoms with Crippen molar-refractivity contribution in [1.29, 1.82) is 0 Å². The number of halogens is 1. The summed E-state index contributed by atoms with van der Waals surface area (Å²) in [6.07, 6.45) is 0.562. The second-order valence-electron chi connectivity index (χ2n) is 5.45. The maximum absolute atomic E-state index is 6.14. The van der Waals surface area contributed by atoms with Crippen molar-refractivity contribution in [1.82, 2.24) is 10.1 Å². The highest BCUT2D eigenvalue weighted by molar-refractivity contribution is 6.31. The Morgan fingerprint density at radius 2 is 1.95 bits per heavy atom. The van der Waals surface area contributed by atoms with E-state index in [4.69, 9.17) is 21.9 Å². The van der Waals surface area contributed by atoms with Gasteiger partial charge in [-0.1, -0.05) is 48.8 Å². The fraction of sp³-hybridized carbons (Fsp3) is 0.467. The second-order valence-corrected chi connectivity index (χ2v) is 5.85. The molecule has 0 radical (unpaired) electrons. The Labute approximate surface area is 124 Å². The Morgan fingerprint density at radius 1 is 1.25 bits per heavy atom. The summed E-state index contributed by atoms with van der Waals surface area (Å²) in [5.41, 5.74) is 7.00. The van der Waals surface area contributed by atoms with Crippen LogP contribution in [-0.2, 0) is 6.42 Å². The molecule has 1 aromatic carbocycles. The number of nitrogens with two attached hydrogens (primary N) is 1. The largest absolute Gasteiger partial charge is 0.339 e. The van der Waals surface area contributed by atoms with E-state index in [-0.39, 0.29) is 12.0 Å². The fourth-order valence-electron chi connectivity index (χ4n) is 2.40. The second kappa shape index (κ2) is 6.37. The molecule has 20 heavy (non-hydrogen) atoms. The maximum atomic E-state index is 6.14. The zero-order valence-corrected chi connectivity index (χ0v) is 12.8. The van der Waals surface area contributed by atoms with Crippen molar-refractivity contribution in [2.75, 3.05) is 0 Å². The van der Waals surface area contributed by atoms with E-state index in [0.717, 1.165) is 5.56 Å². The van der Waals surface area contributed by atoms with E-state index >= 15 is 0 Å². The van der Waals surface area contributed by atoms with Crippen molar-refractivity contribution in [3.05, 3.63) is 46.6 Å². The Hall–Kier alpha value is -1.39. The molecule has 0 aliphatic rings. The average molecular weight is 294 g/mol. The highest BCUT2D eigenvalue weighted by atomic mass is 35.5. The third kappa shape index (κ3) is 3.38. The summed E-state index contributed by atoms with van der Waals surface area (Å²) in [4.78, 5) is 4.47. The van der Waals surface area contributed by atoms with E-state index in [1.165, 1.54) is 0 Å². The summed E-state index contributed by atoms with van der Waals surface area (Å²) >= 11 is 6.14. The fourth-order valence-corrected chi connectivity index (χ4v) is 2.61. The molecule has 2 unspecified atom stereocenters. The molecule has 5 heteroatoms. The van der Waals surface area contributed by atoms with Crippen LogP contribution in [0, 0.1) is 5.92 Å². The topological polar surface area (TPSA) is 64.9 Å². The van der Waals surface area contributed by atoms with Gasteiger partial charge in [0.15, 0.2) is 5.82 Å². The first-order valence-corrected chi connectivity index (χ1v) is 7.18. The van der Waals surface area contributed by atoms with Crippen LogP contribution in [0.3, 0.4) is 0 Å². The summed E-state index contributed by atoms with van der Waals surface area (Å²) in [6, 6.07) is 7.64. The summed E-state index contributed by atoms with van der Waals surface area (Å²) in [5, 5.41) is 4.75. The van der Waals surface area contributed by atoms with Crippen molar-refractivity contribution in [2.45, 2.75) is 39.2 Å². The maximum Gasteiger partial charge on any atom is 0.231 e. The van der Waals surface area contributed by atoms with Gasteiger partial charge < -0.3 is 10.3 Å². The molecule has 0 aliphatic carbocycles. The van der Waals surface area contributed by atoms with Crippen molar-refractivity contribution in [3.8, 4) is 0 Å². The Kier molecular flexibility index (Phi) is 4.78. The molecule has 0 saturated carbocycles. The highest BCUT2D eigenvalue weighted by Crippen LogP contribution is 2.26. The number of rotatable bonds is 5. The first-order chi connectivity index (χ1) is 9.49. The van der Waals surface area contributed by atoms with Crippen molar-refractivity contribution in [3.63, 3.8) is 0 Å². The Bertz CT molecular complexity index is 558. The lowest BCUT2D eigenvalue weighted by Crippen LogP contribution is -2.28. The molecule has 0 bridgehead atoms. The monoisotopic (exact) mass is 293 g/mol. The molecule has 0 saturated heterocycles. The van der Waals surface area contributed by atoms with Crippen LogP contribution < -0.4 is 5.73 Å². The molecule has 0 amide bonds. The highest BCUT2D eigenvalue weighted by Gasteiger charge is 2.26. The molecule has 1 aromatic heterocycles. The van der Waals surface area contributed by atoms with E-state index in [0.29, 0.717) is 29.1 Å². The zero-order valence-electron chi connectivity index (χ0n) is 12.0. The van der Waals surface area contributed by atoms with Gasteiger partial charge in [-0.25, -0.2) is 0 Å². The summed E-state index contributed by atoms with van der Waals surface area (Å²) in [6.45, 7) is 6.17. The molecule has 4 nitrogen and oxygen atoms in total. The van der Waals surface area contributed by atoms with Crippen molar-refractivity contribution < 1.29 is 4.52 Å². The van der Waals surface area contributed by atoms with Crippen LogP contribution in [-0.4, -0.2) is 16.2 Å². The molecule has 2 atom stereocenters. The van der Waals surface area contributed by atoms with E-state index in [1.807, 2.05) is 31.2 Å². The molecule has 2 aromatic rings. The van der Waals surface area contributed by atoms with Crippen molar-refractivity contribution >= 4 is 11.6 Å². The molecule has 2 N–H and O–H groups in total. The first kappa shape index (κ1) is 15.0. The van der Waals surface area contributed by atoms with Crippen LogP contribution in [0.4, 0.5) is 0 Å². The third-order valence-corrected chi connectivity index (χ3v) is 3.73. The molecular formula is C15H20ClN3O. The van der Waals surface area contributed by atoms with Gasteiger partial charge in [0.1, 0.15) is 0 Å².